The molecule has 1 aromatic heterocycles. The van der Waals surface area contributed by atoms with Crippen molar-refractivity contribution in [2.45, 2.75) is 38.5 Å². The fraction of sp³-hybridized carbons (Fsp3) is 0.435. The number of benzene rings is 1. The Hall–Kier alpha value is -2.89. The normalized spacial score (nSPS) is 20.1. The molecule has 0 spiro atoms. The fourth-order valence-corrected chi connectivity index (χ4v) is 4.36. The summed E-state index contributed by atoms with van der Waals surface area (Å²) in [7, 11) is 0. The van der Waals surface area contributed by atoms with Gasteiger partial charge in [-0.3, -0.25) is 19.0 Å². The molecule has 1 saturated carbocycles. The maximum Gasteiger partial charge on any atom is 0.255 e. The van der Waals surface area contributed by atoms with Crippen molar-refractivity contribution in [1.82, 2.24) is 9.88 Å². The summed E-state index contributed by atoms with van der Waals surface area (Å²) in [6, 6.07) is 12.5. The average molecular weight is 393 g/mol. The fourth-order valence-electron chi connectivity index (χ4n) is 4.36. The molecule has 1 aliphatic heterocycles. The summed E-state index contributed by atoms with van der Waals surface area (Å²) in [4.78, 5) is 38.6. The molecule has 2 heterocycles. The molecule has 1 aromatic carbocycles. The highest BCUT2D eigenvalue weighted by molar-refractivity contribution is 5.95. The minimum absolute atomic E-state index is 0.0755. The van der Waals surface area contributed by atoms with E-state index in [1.54, 1.807) is 21.7 Å². The molecule has 1 atom stereocenters. The summed E-state index contributed by atoms with van der Waals surface area (Å²) in [5.41, 5.74) is 1.50. The number of carbonyl (C=O) groups is 2. The van der Waals surface area contributed by atoms with Gasteiger partial charge in [0.25, 0.3) is 5.56 Å². The van der Waals surface area contributed by atoms with Crippen molar-refractivity contribution in [2.75, 3.05) is 18.0 Å². The van der Waals surface area contributed by atoms with E-state index in [9.17, 15) is 14.4 Å². The third-order valence-electron chi connectivity index (χ3n) is 6.01. The Morgan fingerprint density at radius 2 is 1.69 bits per heavy atom. The molecule has 1 aliphatic carbocycles. The minimum Gasteiger partial charge on any atom is -0.356 e. The molecule has 2 aromatic rings. The number of hydrogen-bond acceptors (Lipinski definition) is 3. The van der Waals surface area contributed by atoms with Gasteiger partial charge in [0, 0.05) is 55.0 Å². The number of hydrogen-bond donors (Lipinski definition) is 1. The number of anilines is 1. The first kappa shape index (κ1) is 19.4. The molecule has 0 radical (unpaired) electrons. The maximum absolute atomic E-state index is 12.5. The van der Waals surface area contributed by atoms with Gasteiger partial charge in [0.05, 0.1) is 0 Å². The Labute approximate surface area is 170 Å². The van der Waals surface area contributed by atoms with Crippen molar-refractivity contribution in [3.05, 3.63) is 59.0 Å². The average Bonchev–Trinajstić information content (AvgIpc) is 3.13. The van der Waals surface area contributed by atoms with Crippen LogP contribution in [0.2, 0.25) is 0 Å². The number of nitrogens with one attached hydrogen (secondary N) is 1. The molecular weight excluding hydrogens is 366 g/mol. The van der Waals surface area contributed by atoms with Crippen LogP contribution in [0, 0.1) is 11.8 Å². The van der Waals surface area contributed by atoms with E-state index in [1.807, 2.05) is 30.3 Å². The van der Waals surface area contributed by atoms with Gasteiger partial charge in [0.2, 0.25) is 11.8 Å². The van der Waals surface area contributed by atoms with Gasteiger partial charge in [-0.25, -0.2) is 0 Å². The summed E-state index contributed by atoms with van der Waals surface area (Å²) in [5, 5.41) is 3.07. The maximum atomic E-state index is 12.5. The Bertz CT molecular complexity index is 929. The van der Waals surface area contributed by atoms with E-state index in [2.05, 4.69) is 5.32 Å². The lowest BCUT2D eigenvalue weighted by atomic mass is 9.88. The Balaban J connectivity index is 1.36. The molecule has 1 unspecified atom stereocenters. The number of aromatic nitrogens is 1. The molecule has 2 fully saturated rings. The molecule has 4 rings (SSSR count). The van der Waals surface area contributed by atoms with Crippen molar-refractivity contribution in [1.29, 1.82) is 0 Å². The van der Waals surface area contributed by atoms with E-state index in [4.69, 9.17) is 0 Å². The van der Waals surface area contributed by atoms with E-state index >= 15 is 0 Å². The second kappa shape index (κ2) is 8.64. The molecule has 29 heavy (non-hydrogen) atoms. The summed E-state index contributed by atoms with van der Waals surface area (Å²) in [6.45, 7) is 1.16. The van der Waals surface area contributed by atoms with Gasteiger partial charge in [-0.05, 0) is 43.2 Å². The van der Waals surface area contributed by atoms with Gasteiger partial charge in [-0.2, -0.15) is 0 Å². The van der Waals surface area contributed by atoms with Crippen LogP contribution < -0.4 is 15.8 Å². The zero-order valence-corrected chi connectivity index (χ0v) is 16.5. The molecule has 152 valence electrons. The van der Waals surface area contributed by atoms with Crippen LogP contribution in [0.25, 0.3) is 5.69 Å². The standard InChI is InChI=1S/C23H27N3O3/c27-21-8-4-5-13-25(21)19-9-11-20(12-10-19)26-16-17(14-22(26)28)15-24-23(29)18-6-2-1-3-7-18/h4-5,8-13,17-18H,1-3,6-7,14-16H2,(H,24,29). The number of amides is 2. The number of carbonyl (C=O) groups excluding carboxylic acids is 2. The van der Waals surface area contributed by atoms with Gasteiger partial charge in [0.15, 0.2) is 0 Å². The lowest BCUT2D eigenvalue weighted by Crippen LogP contribution is -2.36. The van der Waals surface area contributed by atoms with E-state index in [-0.39, 0.29) is 29.2 Å². The zero-order chi connectivity index (χ0) is 20.2. The second-order valence-corrected chi connectivity index (χ2v) is 8.08. The van der Waals surface area contributed by atoms with Crippen LogP contribution in [0.15, 0.2) is 53.5 Å². The highest BCUT2D eigenvalue weighted by atomic mass is 16.2. The second-order valence-electron chi connectivity index (χ2n) is 8.08. The van der Waals surface area contributed by atoms with Crippen LogP contribution in [0.5, 0.6) is 0 Å². The van der Waals surface area contributed by atoms with Gasteiger partial charge in [-0.15, -0.1) is 0 Å². The summed E-state index contributed by atoms with van der Waals surface area (Å²) >= 11 is 0. The largest absolute Gasteiger partial charge is 0.356 e. The van der Waals surface area contributed by atoms with Gasteiger partial charge >= 0.3 is 0 Å². The van der Waals surface area contributed by atoms with E-state index in [1.165, 1.54) is 12.5 Å². The first-order valence-corrected chi connectivity index (χ1v) is 10.5. The Morgan fingerprint density at radius 1 is 0.966 bits per heavy atom. The van der Waals surface area contributed by atoms with Gasteiger partial charge in [-0.1, -0.05) is 25.3 Å². The highest BCUT2D eigenvalue weighted by Crippen LogP contribution is 2.27. The van der Waals surface area contributed by atoms with E-state index < -0.39 is 0 Å². The third kappa shape index (κ3) is 4.42. The molecule has 1 N–H and O–H groups in total. The molecular formula is C23H27N3O3. The molecule has 2 aliphatic rings. The predicted molar refractivity (Wildman–Crippen MR) is 112 cm³/mol. The highest BCUT2D eigenvalue weighted by Gasteiger charge is 2.31. The Kier molecular flexibility index (Phi) is 5.79. The third-order valence-corrected chi connectivity index (χ3v) is 6.01. The molecule has 6 nitrogen and oxygen atoms in total. The van der Waals surface area contributed by atoms with Crippen molar-refractivity contribution in [3.63, 3.8) is 0 Å². The van der Waals surface area contributed by atoms with Crippen molar-refractivity contribution in [3.8, 4) is 5.69 Å². The molecule has 0 bridgehead atoms. The van der Waals surface area contributed by atoms with Gasteiger partial charge < -0.3 is 10.2 Å². The first-order valence-electron chi connectivity index (χ1n) is 10.5. The molecule has 2 amide bonds. The van der Waals surface area contributed by atoms with Crippen molar-refractivity contribution in [2.24, 2.45) is 11.8 Å². The van der Waals surface area contributed by atoms with Crippen LogP contribution in [-0.4, -0.2) is 29.5 Å². The van der Waals surface area contributed by atoms with E-state index in [0.717, 1.165) is 37.1 Å². The summed E-state index contributed by atoms with van der Waals surface area (Å²) < 4.78 is 1.57. The van der Waals surface area contributed by atoms with Crippen molar-refractivity contribution >= 4 is 17.5 Å². The lowest BCUT2D eigenvalue weighted by molar-refractivity contribution is -0.126. The number of rotatable bonds is 5. The monoisotopic (exact) mass is 393 g/mol. The Morgan fingerprint density at radius 3 is 2.41 bits per heavy atom. The lowest BCUT2D eigenvalue weighted by Gasteiger charge is -2.22. The quantitative estimate of drug-likeness (QED) is 0.849. The summed E-state index contributed by atoms with van der Waals surface area (Å²) in [5.74, 6) is 0.497. The van der Waals surface area contributed by atoms with Crippen LogP contribution in [-0.2, 0) is 9.59 Å². The number of pyridine rings is 1. The van der Waals surface area contributed by atoms with Crippen molar-refractivity contribution < 1.29 is 9.59 Å². The van der Waals surface area contributed by atoms with Crippen LogP contribution in [0.3, 0.4) is 0 Å². The van der Waals surface area contributed by atoms with Crippen LogP contribution >= 0.6 is 0 Å². The predicted octanol–water partition coefficient (Wildman–Crippen LogP) is 2.89. The minimum atomic E-state index is -0.0914. The van der Waals surface area contributed by atoms with Crippen LogP contribution in [0.1, 0.15) is 38.5 Å². The molecule has 1 saturated heterocycles. The first-order chi connectivity index (χ1) is 14.1. The number of nitrogens with zero attached hydrogens (tertiary/aromatic N) is 2. The van der Waals surface area contributed by atoms with E-state index in [0.29, 0.717) is 19.5 Å². The molecule has 6 heteroatoms. The van der Waals surface area contributed by atoms with Crippen LogP contribution in [0.4, 0.5) is 5.69 Å². The smallest absolute Gasteiger partial charge is 0.255 e. The van der Waals surface area contributed by atoms with Gasteiger partial charge in [0.1, 0.15) is 0 Å². The summed E-state index contributed by atoms with van der Waals surface area (Å²) in [6.07, 6.45) is 7.65. The zero-order valence-electron chi connectivity index (χ0n) is 16.5. The SMILES string of the molecule is O=C(NCC1CC(=O)N(c2ccc(-n3ccccc3=O)cc2)C1)C1CCCCC1. The topological polar surface area (TPSA) is 71.4 Å².